The minimum absolute atomic E-state index is 0.491. The third-order valence-electron chi connectivity index (χ3n) is 3.69. The summed E-state index contributed by atoms with van der Waals surface area (Å²) in [6.45, 7) is 4.23. The molecule has 0 spiro atoms. The van der Waals surface area contributed by atoms with Gasteiger partial charge < -0.3 is 27.4 Å². The molecule has 1 unspecified atom stereocenters. The van der Waals surface area contributed by atoms with Crippen molar-refractivity contribution >= 4 is 29.9 Å². The normalized spacial score (nSPS) is 13.7. The Hall–Kier alpha value is 0.544. The summed E-state index contributed by atoms with van der Waals surface area (Å²) in [7, 11) is 4.97. The van der Waals surface area contributed by atoms with Crippen molar-refractivity contribution in [2.45, 2.75) is 31.4 Å². The first-order valence-electron chi connectivity index (χ1n) is 7.97. The Kier molecular flexibility index (Phi) is 15.2. The van der Waals surface area contributed by atoms with Crippen molar-refractivity contribution in [2.24, 2.45) is 0 Å². The highest BCUT2D eigenvalue weighted by Gasteiger charge is 2.36. The van der Waals surface area contributed by atoms with Gasteiger partial charge in [0.1, 0.15) is 0 Å². The summed E-state index contributed by atoms with van der Waals surface area (Å²) in [4.78, 5) is 0. The van der Waals surface area contributed by atoms with E-state index in [2.05, 4.69) is 12.2 Å². The Balaban J connectivity index is 3.53. The average molecular weight is 385 g/mol. The SMILES string of the molecule is CO[Si](OC)C(C)CCNCCSCCC[Si](OC)(OC)OC. The molecule has 0 aliphatic rings. The van der Waals surface area contributed by atoms with E-state index in [0.717, 1.165) is 43.5 Å². The van der Waals surface area contributed by atoms with Gasteiger partial charge in [0, 0.05) is 59.4 Å². The lowest BCUT2D eigenvalue weighted by molar-refractivity contribution is 0.123. The Morgan fingerprint density at radius 3 is 2.09 bits per heavy atom. The maximum atomic E-state index is 5.41. The van der Waals surface area contributed by atoms with Crippen LogP contribution < -0.4 is 5.32 Å². The van der Waals surface area contributed by atoms with Gasteiger partial charge in [-0.15, -0.1) is 0 Å². The van der Waals surface area contributed by atoms with E-state index in [-0.39, 0.29) is 0 Å². The monoisotopic (exact) mass is 384 g/mol. The molecule has 0 aromatic carbocycles. The molecule has 1 radical (unpaired) electrons. The lowest BCUT2D eigenvalue weighted by atomic mass is 10.3. The highest BCUT2D eigenvalue weighted by molar-refractivity contribution is 7.99. The van der Waals surface area contributed by atoms with Gasteiger partial charge in [0.05, 0.1) is 0 Å². The summed E-state index contributed by atoms with van der Waals surface area (Å²) >= 11 is 1.95. The van der Waals surface area contributed by atoms with E-state index in [1.54, 1.807) is 35.5 Å². The molecule has 1 N–H and O–H groups in total. The van der Waals surface area contributed by atoms with Crippen LogP contribution in [0.15, 0.2) is 0 Å². The number of rotatable bonds is 16. The second-order valence-electron chi connectivity index (χ2n) is 5.18. The molecule has 1 atom stereocenters. The highest BCUT2D eigenvalue weighted by atomic mass is 32.2. The zero-order valence-electron chi connectivity index (χ0n) is 15.5. The van der Waals surface area contributed by atoms with Crippen LogP contribution in [0, 0.1) is 0 Å². The van der Waals surface area contributed by atoms with Crippen LogP contribution in [0.25, 0.3) is 0 Å². The largest absolute Gasteiger partial charge is 0.500 e. The predicted molar refractivity (Wildman–Crippen MR) is 100 cm³/mol. The van der Waals surface area contributed by atoms with E-state index in [9.17, 15) is 0 Å². The molecule has 0 rings (SSSR count). The Bertz CT molecular complexity index is 263. The summed E-state index contributed by atoms with van der Waals surface area (Å²) in [5.74, 6) is 2.21. The van der Waals surface area contributed by atoms with E-state index in [0.29, 0.717) is 5.54 Å². The molecule has 0 heterocycles. The molecule has 0 fully saturated rings. The van der Waals surface area contributed by atoms with Gasteiger partial charge in [0.25, 0.3) is 0 Å². The maximum Gasteiger partial charge on any atom is 0.500 e. The van der Waals surface area contributed by atoms with Crippen molar-refractivity contribution in [3.05, 3.63) is 0 Å². The molecule has 0 bridgehead atoms. The maximum absolute atomic E-state index is 5.41. The highest BCUT2D eigenvalue weighted by Crippen LogP contribution is 2.17. The summed E-state index contributed by atoms with van der Waals surface area (Å²) in [5, 5.41) is 3.48. The van der Waals surface area contributed by atoms with Crippen LogP contribution in [0.2, 0.25) is 11.6 Å². The third-order valence-corrected chi connectivity index (χ3v) is 9.49. The zero-order chi connectivity index (χ0) is 17.6. The van der Waals surface area contributed by atoms with Gasteiger partial charge in [-0.3, -0.25) is 0 Å². The molecule has 0 aliphatic heterocycles. The molecule has 23 heavy (non-hydrogen) atoms. The van der Waals surface area contributed by atoms with Gasteiger partial charge in [-0.2, -0.15) is 11.8 Å². The minimum Gasteiger partial charge on any atom is -0.397 e. The van der Waals surface area contributed by atoms with E-state index >= 15 is 0 Å². The van der Waals surface area contributed by atoms with Gasteiger partial charge in [0.2, 0.25) is 0 Å². The Morgan fingerprint density at radius 1 is 0.957 bits per heavy atom. The van der Waals surface area contributed by atoms with Gasteiger partial charge in [-0.25, -0.2) is 0 Å². The summed E-state index contributed by atoms with van der Waals surface area (Å²) in [6.07, 6.45) is 2.14. The molecule has 0 aromatic heterocycles. The standard InChI is InChI=1S/C14H34NO5SSi2/c1-14(22(16-2)17-3)8-9-15-10-12-21-11-7-13-23(18-4,19-5)20-6/h14-15H,7-13H2,1-6H3. The van der Waals surface area contributed by atoms with Crippen molar-refractivity contribution in [2.75, 3.05) is 60.1 Å². The first-order valence-corrected chi connectivity index (χ1v) is 12.5. The fraction of sp³-hybridized carbons (Fsp3) is 1.00. The van der Waals surface area contributed by atoms with Crippen LogP contribution in [0.5, 0.6) is 0 Å². The van der Waals surface area contributed by atoms with E-state index in [1.807, 2.05) is 11.8 Å². The molecule has 6 nitrogen and oxygen atoms in total. The molecule has 0 saturated carbocycles. The fourth-order valence-corrected chi connectivity index (χ4v) is 6.41. The number of nitrogens with one attached hydrogen (secondary N) is 1. The van der Waals surface area contributed by atoms with E-state index < -0.39 is 18.1 Å². The van der Waals surface area contributed by atoms with Crippen LogP contribution >= 0.6 is 11.8 Å². The van der Waals surface area contributed by atoms with Gasteiger partial charge in [-0.1, -0.05) is 6.92 Å². The first-order chi connectivity index (χ1) is 11.1. The van der Waals surface area contributed by atoms with Crippen LogP contribution in [0.3, 0.4) is 0 Å². The topological polar surface area (TPSA) is 58.2 Å². The quantitative estimate of drug-likeness (QED) is 0.323. The third kappa shape index (κ3) is 10.2. The zero-order valence-corrected chi connectivity index (χ0v) is 18.3. The van der Waals surface area contributed by atoms with Gasteiger partial charge in [-0.05, 0) is 25.1 Å². The average Bonchev–Trinajstić information content (AvgIpc) is 2.58. The summed E-state index contributed by atoms with van der Waals surface area (Å²) in [5.41, 5.74) is 0.491. The summed E-state index contributed by atoms with van der Waals surface area (Å²) in [6, 6.07) is 0.868. The second kappa shape index (κ2) is 14.9. The van der Waals surface area contributed by atoms with E-state index in [1.165, 1.54) is 0 Å². The minimum atomic E-state index is -2.38. The molecule has 0 aliphatic carbocycles. The molecule has 9 heteroatoms. The predicted octanol–water partition coefficient (Wildman–Crippen LogP) is 2.14. The van der Waals surface area contributed by atoms with Crippen LogP contribution in [-0.4, -0.2) is 78.2 Å². The molecule has 0 saturated heterocycles. The fourth-order valence-electron chi connectivity index (χ4n) is 2.24. The van der Waals surface area contributed by atoms with Crippen LogP contribution in [0.4, 0.5) is 0 Å². The molecular formula is C14H34NO5SSi2. The summed E-state index contributed by atoms with van der Waals surface area (Å²) < 4.78 is 27.0. The first kappa shape index (κ1) is 23.5. The lowest BCUT2D eigenvalue weighted by Crippen LogP contribution is -2.42. The van der Waals surface area contributed by atoms with Crippen molar-refractivity contribution in [3.63, 3.8) is 0 Å². The second-order valence-corrected chi connectivity index (χ2v) is 11.9. The van der Waals surface area contributed by atoms with E-state index in [4.69, 9.17) is 22.1 Å². The van der Waals surface area contributed by atoms with Crippen LogP contribution in [0.1, 0.15) is 19.8 Å². The number of thioether (sulfide) groups is 1. The molecule has 139 valence electrons. The smallest absolute Gasteiger partial charge is 0.397 e. The van der Waals surface area contributed by atoms with Crippen molar-refractivity contribution in [1.82, 2.24) is 5.32 Å². The van der Waals surface area contributed by atoms with Gasteiger partial charge in [0.15, 0.2) is 0 Å². The van der Waals surface area contributed by atoms with Gasteiger partial charge >= 0.3 is 18.1 Å². The molecule has 0 amide bonds. The molecule has 0 aromatic rings. The van der Waals surface area contributed by atoms with Crippen molar-refractivity contribution in [3.8, 4) is 0 Å². The van der Waals surface area contributed by atoms with Crippen molar-refractivity contribution < 1.29 is 22.1 Å². The number of hydrogen-bond donors (Lipinski definition) is 1. The Labute approximate surface area is 149 Å². The Morgan fingerprint density at radius 2 is 1.57 bits per heavy atom. The van der Waals surface area contributed by atoms with Crippen LogP contribution in [-0.2, 0) is 22.1 Å². The lowest BCUT2D eigenvalue weighted by Gasteiger charge is -2.24. The number of hydrogen-bond acceptors (Lipinski definition) is 7. The molecular weight excluding hydrogens is 350 g/mol. The van der Waals surface area contributed by atoms with Crippen molar-refractivity contribution in [1.29, 1.82) is 0 Å².